The number of rotatable bonds is 8. The van der Waals surface area contributed by atoms with E-state index in [1.54, 1.807) is 11.0 Å². The van der Waals surface area contributed by atoms with Crippen LogP contribution in [-0.4, -0.2) is 65.0 Å². The number of nitrogens with one attached hydrogen (secondary N) is 1. The van der Waals surface area contributed by atoms with Gasteiger partial charge in [-0.25, -0.2) is 14.4 Å². The highest BCUT2D eigenvalue weighted by Crippen LogP contribution is 2.45. The first-order valence-electron chi connectivity index (χ1n) is 11.2. The third-order valence-electron chi connectivity index (χ3n) is 5.33. The van der Waals surface area contributed by atoms with E-state index < -0.39 is 24.1 Å². The lowest BCUT2D eigenvalue weighted by Crippen LogP contribution is -2.42. The summed E-state index contributed by atoms with van der Waals surface area (Å²) in [6, 6.07) is 7.40. The number of benzene rings is 1. The Balaban J connectivity index is 1.63. The topological polar surface area (TPSA) is 125 Å². The lowest BCUT2D eigenvalue weighted by Gasteiger charge is -2.33. The Labute approximate surface area is 212 Å². The van der Waals surface area contributed by atoms with Gasteiger partial charge in [-0.3, -0.25) is 0 Å². The summed E-state index contributed by atoms with van der Waals surface area (Å²) >= 11 is 7.32. The van der Waals surface area contributed by atoms with Crippen molar-refractivity contribution in [2.24, 2.45) is 5.92 Å². The number of carbonyl (C=O) groups excluding carboxylic acids is 1. The summed E-state index contributed by atoms with van der Waals surface area (Å²) in [6.07, 6.45) is 1.43. The fourth-order valence-corrected chi connectivity index (χ4v) is 5.07. The Morgan fingerprint density at radius 3 is 2.49 bits per heavy atom. The lowest BCUT2D eigenvalue weighted by molar-refractivity contribution is -0.139. The minimum atomic E-state index is -1.24. The molecule has 1 aliphatic rings. The molecule has 0 unspecified atom stereocenters. The average molecular weight is 525 g/mol. The minimum absolute atomic E-state index is 0.0697. The number of carbonyl (C=O) groups is 3. The van der Waals surface area contributed by atoms with Crippen LogP contribution in [0.1, 0.15) is 43.3 Å². The van der Waals surface area contributed by atoms with E-state index in [4.69, 9.17) is 26.2 Å². The van der Waals surface area contributed by atoms with Crippen molar-refractivity contribution in [3.05, 3.63) is 34.2 Å². The molecule has 0 radical (unpaired) electrons. The van der Waals surface area contributed by atoms with E-state index in [9.17, 15) is 19.5 Å². The number of amides is 1. The van der Waals surface area contributed by atoms with Gasteiger partial charge in [0.1, 0.15) is 10.6 Å². The quantitative estimate of drug-likeness (QED) is 0.425. The molecule has 0 saturated carbocycles. The Morgan fingerprint density at radius 2 is 1.89 bits per heavy atom. The van der Waals surface area contributed by atoms with E-state index in [0.717, 1.165) is 36.4 Å². The zero-order chi connectivity index (χ0) is 25.8. The van der Waals surface area contributed by atoms with Gasteiger partial charge in [0.2, 0.25) is 0 Å². The second-order valence-electron chi connectivity index (χ2n) is 9.26. The molecule has 1 amide bonds. The number of halogens is 1. The second-order valence-corrected chi connectivity index (χ2v) is 10.7. The van der Waals surface area contributed by atoms with E-state index in [1.165, 1.54) is 0 Å². The highest BCUT2D eigenvalue weighted by atomic mass is 35.5. The number of ether oxygens (including phenoxy) is 2. The number of piperidine rings is 1. The highest BCUT2D eigenvalue weighted by molar-refractivity contribution is 7.18. The van der Waals surface area contributed by atoms with Gasteiger partial charge < -0.3 is 29.9 Å². The van der Waals surface area contributed by atoms with Gasteiger partial charge in [-0.1, -0.05) is 23.7 Å². The standard InChI is InChI=1S/C24H29ClN2O7S/c1-24(2,3)34-23(32)27-9-7-14(8-10-27)12-26-16-6-4-5-15(11-16)20-18(25)19(33-13-17(28)29)21(35-20)22(30)31/h4-6,11,14,26H,7-10,12-13H2,1-3H3,(H,28,29)(H,30,31). The summed E-state index contributed by atoms with van der Waals surface area (Å²) in [5.74, 6) is -2.22. The van der Waals surface area contributed by atoms with Crippen LogP contribution in [0.25, 0.3) is 10.4 Å². The van der Waals surface area contributed by atoms with Crippen molar-refractivity contribution in [2.75, 3.05) is 31.6 Å². The summed E-state index contributed by atoms with van der Waals surface area (Å²) in [5, 5.41) is 21.8. The van der Waals surface area contributed by atoms with Crippen LogP contribution in [0.5, 0.6) is 5.75 Å². The molecule has 35 heavy (non-hydrogen) atoms. The zero-order valence-electron chi connectivity index (χ0n) is 19.8. The largest absolute Gasteiger partial charge is 0.479 e. The Hall–Kier alpha value is -2.98. The Kier molecular flexibility index (Phi) is 8.50. The van der Waals surface area contributed by atoms with Crippen molar-refractivity contribution in [2.45, 2.75) is 39.2 Å². The highest BCUT2D eigenvalue weighted by Gasteiger charge is 2.27. The van der Waals surface area contributed by atoms with Gasteiger partial charge in [-0.05, 0) is 57.2 Å². The molecular weight excluding hydrogens is 496 g/mol. The maximum atomic E-state index is 12.2. The number of hydrogen-bond donors (Lipinski definition) is 3. The van der Waals surface area contributed by atoms with Crippen molar-refractivity contribution < 1.29 is 34.1 Å². The van der Waals surface area contributed by atoms with Gasteiger partial charge in [0.25, 0.3) is 0 Å². The molecule has 1 aromatic carbocycles. The molecule has 3 rings (SSSR count). The third kappa shape index (κ3) is 7.25. The first kappa shape index (κ1) is 26.6. The van der Waals surface area contributed by atoms with E-state index in [2.05, 4.69) is 5.32 Å². The number of nitrogens with zero attached hydrogens (tertiary/aromatic N) is 1. The number of aromatic carboxylic acids is 1. The van der Waals surface area contributed by atoms with Gasteiger partial charge in [0.05, 0.1) is 4.88 Å². The average Bonchev–Trinajstić information content (AvgIpc) is 3.12. The maximum absolute atomic E-state index is 12.2. The summed E-state index contributed by atoms with van der Waals surface area (Å²) in [5.41, 5.74) is 1.02. The van der Waals surface area contributed by atoms with Crippen LogP contribution < -0.4 is 10.1 Å². The molecule has 1 fully saturated rings. The molecule has 0 atom stereocenters. The molecular formula is C24H29ClN2O7S. The van der Waals surface area contributed by atoms with E-state index >= 15 is 0 Å². The van der Waals surface area contributed by atoms with Gasteiger partial charge in [0, 0.05) is 25.3 Å². The summed E-state index contributed by atoms with van der Waals surface area (Å²) < 4.78 is 10.6. The van der Waals surface area contributed by atoms with Crippen LogP contribution in [0.4, 0.5) is 10.5 Å². The number of hydrogen-bond acceptors (Lipinski definition) is 7. The van der Waals surface area contributed by atoms with Gasteiger partial charge in [0.15, 0.2) is 17.2 Å². The SMILES string of the molecule is CC(C)(C)OC(=O)N1CCC(CNc2cccc(-c3sc(C(=O)O)c(OCC(=O)O)c3Cl)c2)CC1. The molecule has 9 nitrogen and oxygen atoms in total. The fraction of sp³-hybridized carbons (Fsp3) is 0.458. The molecule has 1 saturated heterocycles. The van der Waals surface area contributed by atoms with E-state index in [0.29, 0.717) is 29.4 Å². The second kappa shape index (κ2) is 11.2. The molecule has 3 N–H and O–H groups in total. The first-order chi connectivity index (χ1) is 16.4. The molecule has 1 aliphatic heterocycles. The number of carboxylic acid groups (broad SMARTS) is 2. The van der Waals surface area contributed by atoms with Gasteiger partial charge >= 0.3 is 18.0 Å². The predicted octanol–water partition coefficient (Wildman–Crippen LogP) is 5.29. The predicted molar refractivity (Wildman–Crippen MR) is 134 cm³/mol. The van der Waals surface area contributed by atoms with E-state index in [1.807, 2.05) is 39.0 Å². The number of thiophene rings is 1. The van der Waals surface area contributed by atoms with Crippen LogP contribution in [0.15, 0.2) is 24.3 Å². The van der Waals surface area contributed by atoms with Crippen LogP contribution in [0, 0.1) is 5.92 Å². The minimum Gasteiger partial charge on any atom is -0.479 e. The van der Waals surface area contributed by atoms with Crippen molar-refractivity contribution in [1.29, 1.82) is 0 Å². The van der Waals surface area contributed by atoms with E-state index in [-0.39, 0.29) is 21.7 Å². The molecule has 11 heteroatoms. The van der Waals surface area contributed by atoms with Crippen LogP contribution in [-0.2, 0) is 9.53 Å². The number of aliphatic carboxylic acids is 1. The van der Waals surface area contributed by atoms with Crippen LogP contribution in [0.2, 0.25) is 5.02 Å². The zero-order valence-corrected chi connectivity index (χ0v) is 21.4. The molecule has 0 bridgehead atoms. The summed E-state index contributed by atoms with van der Waals surface area (Å²) in [7, 11) is 0. The normalized spacial score (nSPS) is 14.5. The van der Waals surface area contributed by atoms with Gasteiger partial charge in [-0.2, -0.15) is 0 Å². The van der Waals surface area contributed by atoms with Crippen LogP contribution >= 0.6 is 22.9 Å². The van der Waals surface area contributed by atoms with Gasteiger partial charge in [-0.15, -0.1) is 11.3 Å². The summed E-state index contributed by atoms with van der Waals surface area (Å²) in [6.45, 7) is 6.87. The molecule has 190 valence electrons. The lowest BCUT2D eigenvalue weighted by atomic mass is 9.97. The maximum Gasteiger partial charge on any atom is 0.410 e. The molecule has 0 spiro atoms. The smallest absolute Gasteiger partial charge is 0.410 e. The Bertz CT molecular complexity index is 1090. The molecule has 2 heterocycles. The number of likely N-dealkylation sites (tertiary alicyclic amines) is 1. The van der Waals surface area contributed by atoms with Crippen molar-refractivity contribution >= 4 is 46.7 Å². The molecule has 0 aliphatic carbocycles. The Morgan fingerprint density at radius 1 is 1.20 bits per heavy atom. The van der Waals surface area contributed by atoms with Crippen molar-refractivity contribution in [3.8, 4) is 16.2 Å². The van der Waals surface area contributed by atoms with Crippen molar-refractivity contribution in [1.82, 2.24) is 4.90 Å². The third-order valence-corrected chi connectivity index (χ3v) is 7.01. The number of carboxylic acids is 2. The molecule has 2 aromatic rings. The number of anilines is 1. The van der Waals surface area contributed by atoms with Crippen LogP contribution in [0.3, 0.4) is 0 Å². The summed E-state index contributed by atoms with van der Waals surface area (Å²) in [4.78, 5) is 36.8. The first-order valence-corrected chi connectivity index (χ1v) is 12.4. The molecule has 1 aromatic heterocycles. The fourth-order valence-electron chi connectivity index (χ4n) is 3.66. The van der Waals surface area contributed by atoms with Crippen molar-refractivity contribution in [3.63, 3.8) is 0 Å². The monoisotopic (exact) mass is 524 g/mol.